The molecule has 0 saturated carbocycles. The summed E-state index contributed by atoms with van der Waals surface area (Å²) in [5.74, 6) is 0. The molecule has 4 N–H and O–H groups in total. The van der Waals surface area contributed by atoms with Gasteiger partial charge in [0.1, 0.15) is 0 Å². The second kappa shape index (κ2) is 44.8. The minimum atomic E-state index is -5.17. The molecule has 0 rings (SSSR count). The summed E-state index contributed by atoms with van der Waals surface area (Å²) in [7, 11) is -20.7. The monoisotopic (exact) mass is 737 g/mol. The zero-order valence-electron chi connectivity index (χ0n) is 14.0. The Morgan fingerprint density at radius 3 is 0.300 bits per heavy atom. The van der Waals surface area contributed by atoms with E-state index in [1.165, 1.54) is 0 Å². The van der Waals surface area contributed by atoms with Crippen LogP contribution in [0.15, 0.2) is 0 Å². The molecule has 0 spiro atoms. The molecule has 0 aromatic heterocycles. The molecule has 20 nitrogen and oxygen atoms in total. The van der Waals surface area contributed by atoms with E-state index in [2.05, 4.69) is 0 Å². The Labute approximate surface area is 330 Å². The van der Waals surface area contributed by atoms with E-state index >= 15 is 0 Å². The predicted octanol–water partition coefficient (Wildman–Crippen LogP) is -15.1. The van der Waals surface area contributed by atoms with Crippen molar-refractivity contribution in [2.75, 3.05) is 0 Å². The van der Waals surface area contributed by atoms with E-state index in [4.69, 9.17) is 70.1 Å². The molecule has 0 heterocycles. The van der Waals surface area contributed by atoms with Gasteiger partial charge in [0, 0.05) is 41.6 Å². The molecule has 0 amide bonds. The van der Waals surface area contributed by atoms with Crippen LogP contribution in [0.4, 0.5) is 0 Å². The van der Waals surface area contributed by atoms with Gasteiger partial charge in [-0.3, -0.25) is 33.7 Å². The minimum Gasteiger partial charge on any atom is -0.870 e. The molecule has 0 aliphatic rings. The van der Waals surface area contributed by atoms with Crippen molar-refractivity contribution < 1.29 is 297 Å². The van der Waals surface area contributed by atoms with Crippen LogP contribution in [-0.2, 0) is 92.8 Å². The van der Waals surface area contributed by atoms with E-state index in [0.29, 0.717) is 0 Å². The Bertz CT molecular complexity index is 496. The summed E-state index contributed by atoms with van der Waals surface area (Å²) >= 11 is 0. The average Bonchev–Trinajstić information content (AvgIpc) is 1.62. The molecule has 0 aliphatic heterocycles. The second-order valence-corrected chi connectivity index (χ2v) is 4.90. The van der Waals surface area contributed by atoms with Crippen molar-refractivity contribution in [2.24, 2.45) is 0 Å². The third-order valence-corrected chi connectivity index (χ3v) is 0. The summed E-state index contributed by atoms with van der Waals surface area (Å²) in [6.45, 7) is 0. The maximum absolute atomic E-state index is 8.52. The summed E-state index contributed by atoms with van der Waals surface area (Å²) in [6.07, 6.45) is 0. The van der Waals surface area contributed by atoms with Crippen molar-refractivity contribution in [1.29, 1.82) is 0 Å². The van der Waals surface area contributed by atoms with Gasteiger partial charge in [-0.2, -0.15) is 0 Å². The van der Waals surface area contributed by atoms with Gasteiger partial charge >= 0.3 is 205 Å². The Balaban J connectivity index is -0.00000000853. The van der Waals surface area contributed by atoms with Crippen molar-refractivity contribution in [3.63, 3.8) is 0 Å². The van der Waals surface area contributed by atoms with Crippen LogP contribution in [0.25, 0.3) is 0 Å². The topological polar surface area (TPSA) is 441 Å². The SMILES string of the molecule is O=S(=O)([O-])[O-].O=S(=O)([O-])[O-].O=S(=O)([O-])[O-].O=S(=O)([O-])[O-].[Fe+3].[Fe+3].[Fe+3].[K+].[K+].[K+].[OH-].[OH-].[OH-].[OH-]. The molecule has 0 unspecified atom stereocenters. The van der Waals surface area contributed by atoms with Crippen molar-refractivity contribution in [2.45, 2.75) is 0 Å². The van der Waals surface area contributed by atoms with Crippen molar-refractivity contribution in [3.05, 3.63) is 0 Å². The zero-order valence-corrected chi connectivity index (χ0v) is 30.0. The zero-order chi connectivity index (χ0) is 18.0. The summed E-state index contributed by atoms with van der Waals surface area (Å²) in [5.41, 5.74) is 0. The fourth-order valence-electron chi connectivity index (χ4n) is 0. The molecule has 0 fully saturated rings. The van der Waals surface area contributed by atoms with E-state index in [9.17, 15) is 0 Å². The van der Waals surface area contributed by atoms with Crippen molar-refractivity contribution in [1.82, 2.24) is 0 Å². The Morgan fingerprint density at radius 1 is 0.300 bits per heavy atom. The van der Waals surface area contributed by atoms with Crippen LogP contribution in [0.5, 0.6) is 0 Å². The molecule has 175 valence electrons. The van der Waals surface area contributed by atoms with Gasteiger partial charge in [-0.05, 0) is 0 Å². The fourth-order valence-corrected chi connectivity index (χ4v) is 0. The first kappa shape index (κ1) is 91.2. The minimum absolute atomic E-state index is 0. The van der Waals surface area contributed by atoms with E-state index in [-0.39, 0.29) is 227 Å². The maximum Gasteiger partial charge on any atom is 3.00 e. The number of hydrogen-bond acceptors (Lipinski definition) is 20. The quantitative estimate of drug-likeness (QED) is 0.126. The van der Waals surface area contributed by atoms with Crippen LogP contribution in [0, 0.1) is 0 Å². The van der Waals surface area contributed by atoms with Gasteiger partial charge in [-0.15, -0.1) is 0 Å². The Morgan fingerprint density at radius 2 is 0.300 bits per heavy atom. The molecule has 0 saturated heterocycles. The molecular weight excluding hydrogens is 733 g/mol. The molecule has 0 aromatic rings. The fraction of sp³-hybridized carbons (Fsp3) is 0. The van der Waals surface area contributed by atoms with Gasteiger partial charge in [0.25, 0.3) is 0 Å². The molecule has 3 radical (unpaired) electrons. The molecule has 30 heavy (non-hydrogen) atoms. The summed E-state index contributed by atoms with van der Waals surface area (Å²) in [5, 5.41) is 0. The van der Waals surface area contributed by atoms with E-state index in [1.807, 2.05) is 0 Å². The van der Waals surface area contributed by atoms with Gasteiger partial charge in [-0.25, -0.2) is 0 Å². The van der Waals surface area contributed by atoms with Gasteiger partial charge in [0.05, 0.1) is 0 Å². The van der Waals surface area contributed by atoms with Crippen LogP contribution in [0.2, 0.25) is 0 Å². The van der Waals surface area contributed by atoms with E-state index < -0.39 is 41.6 Å². The normalized spacial score (nSPS) is 7.73. The standard InChI is InChI=1S/3Fe.3K.4H2O4S.4H2O/c;;;;;;4*1-5(2,3)4;;;;/h;;;;;;4*(H2,1,2,3,4);4*1H2/q3*+3;3*+1;;;;;;;;/p-12. The number of rotatable bonds is 0. The first-order valence-corrected chi connectivity index (χ1v) is 8.00. The third-order valence-electron chi connectivity index (χ3n) is 0. The van der Waals surface area contributed by atoms with Gasteiger partial charge in [0.15, 0.2) is 0 Å². The molecule has 0 aromatic carbocycles. The Kier molecular flexibility index (Phi) is 136. The van der Waals surface area contributed by atoms with Crippen LogP contribution in [0.3, 0.4) is 0 Å². The summed E-state index contributed by atoms with van der Waals surface area (Å²) in [4.78, 5) is 0. The maximum atomic E-state index is 8.52. The van der Waals surface area contributed by atoms with Gasteiger partial charge < -0.3 is 58.3 Å². The summed E-state index contributed by atoms with van der Waals surface area (Å²) in [6, 6.07) is 0. The average molecular weight is 737 g/mol. The smallest absolute Gasteiger partial charge is 0.870 e. The third kappa shape index (κ3) is 1080. The largest absolute Gasteiger partial charge is 3.00 e. The number of hydrogen-bond donors (Lipinski definition) is 0. The van der Waals surface area contributed by atoms with Crippen molar-refractivity contribution in [3.8, 4) is 0 Å². The first-order valence-electron chi connectivity index (χ1n) is 2.67. The van der Waals surface area contributed by atoms with E-state index in [1.54, 1.807) is 0 Å². The first-order chi connectivity index (χ1) is 8.00. The molecular formula is H4Fe3K3O20S4. The van der Waals surface area contributed by atoms with Crippen LogP contribution < -0.4 is 154 Å². The van der Waals surface area contributed by atoms with Gasteiger partial charge in [0.2, 0.25) is 0 Å². The van der Waals surface area contributed by atoms with Crippen LogP contribution in [-0.4, -0.2) is 92.0 Å². The van der Waals surface area contributed by atoms with E-state index in [0.717, 1.165) is 0 Å². The summed E-state index contributed by atoms with van der Waals surface area (Å²) < 4.78 is 136. The molecule has 0 atom stereocenters. The van der Waals surface area contributed by atoms with Crippen molar-refractivity contribution >= 4 is 41.6 Å². The van der Waals surface area contributed by atoms with Gasteiger partial charge in [-0.1, -0.05) is 0 Å². The predicted molar refractivity (Wildman–Crippen MR) is 49.6 cm³/mol. The Hall–Kier alpha value is 5.79. The molecule has 30 heteroatoms. The van der Waals surface area contributed by atoms with Crippen LogP contribution >= 0.6 is 0 Å². The van der Waals surface area contributed by atoms with Crippen LogP contribution in [0.1, 0.15) is 0 Å². The molecule has 0 bridgehead atoms. The second-order valence-electron chi connectivity index (χ2n) is 1.63. The molecule has 0 aliphatic carbocycles.